The molecule has 0 saturated carbocycles. The molecule has 0 aliphatic carbocycles. The van der Waals surface area contributed by atoms with E-state index >= 15 is 0 Å². The van der Waals surface area contributed by atoms with Gasteiger partial charge in [-0.05, 0) is 32.1 Å². The van der Waals surface area contributed by atoms with Crippen LogP contribution in [0.2, 0.25) is 0 Å². The standard InChI is InChI=1S/C70H139N2O6P/c1-6-8-10-12-14-16-18-20-22-24-26-28-30-32-34-35-36-37-38-40-42-44-46-48-50-52-54-56-58-60-62-64-70(74)71-68(67-78-79(75,76)77-66-65-72(3,4)5)69(73)63-61-59-57-55-53-51-49-47-45-43-41-39-33-31-29-27-25-23-21-19-17-15-13-11-9-7-2/h53,55,61,63,68-69,73H,6-52,54,56-60,62,64-67H2,1-5H3,(H-,71,74,75,76)/p+1/b55-53+,63-61+. The van der Waals surface area contributed by atoms with Crippen molar-refractivity contribution in [3.8, 4) is 0 Å². The fraction of sp³-hybridized carbons (Fsp3) is 0.929. The number of aliphatic hydroxyl groups excluding tert-OH is 1. The second-order valence-corrected chi connectivity index (χ2v) is 27.1. The molecule has 0 radical (unpaired) electrons. The molecule has 8 nitrogen and oxygen atoms in total. The number of phosphoric ester groups is 1. The number of nitrogens with zero attached hydrogens (tertiary/aromatic N) is 1. The number of aliphatic hydroxyl groups is 1. The second-order valence-electron chi connectivity index (χ2n) is 25.6. The van der Waals surface area contributed by atoms with E-state index < -0.39 is 20.0 Å². The Balaban J connectivity index is 4.05. The molecule has 0 saturated heterocycles. The van der Waals surface area contributed by atoms with Gasteiger partial charge in [-0.3, -0.25) is 13.8 Å². The van der Waals surface area contributed by atoms with E-state index in [0.717, 1.165) is 38.5 Å². The SMILES string of the molecule is CCCCCCCCCCCCCCCCCCCCCC/C=C/CC/C=C/C(O)C(COP(=O)(O)OCC[N+](C)(C)C)NC(=O)CCCCCCCCCCCCCCCCCCCCCCCCCCCCCCCCC. The lowest BCUT2D eigenvalue weighted by Crippen LogP contribution is -2.45. The molecule has 1 amide bonds. The summed E-state index contributed by atoms with van der Waals surface area (Å²) in [5.74, 6) is -0.178. The Morgan fingerprint density at radius 2 is 0.696 bits per heavy atom. The van der Waals surface area contributed by atoms with Gasteiger partial charge in [-0.15, -0.1) is 0 Å². The van der Waals surface area contributed by atoms with E-state index in [1.165, 1.54) is 308 Å². The van der Waals surface area contributed by atoms with Gasteiger partial charge in [-0.1, -0.05) is 353 Å². The van der Waals surface area contributed by atoms with Crippen LogP contribution in [-0.4, -0.2) is 73.4 Å². The zero-order valence-corrected chi connectivity index (χ0v) is 54.8. The highest BCUT2D eigenvalue weighted by molar-refractivity contribution is 7.47. The van der Waals surface area contributed by atoms with Crippen LogP contribution < -0.4 is 5.32 Å². The van der Waals surface area contributed by atoms with Gasteiger partial charge in [-0.25, -0.2) is 4.57 Å². The summed E-state index contributed by atoms with van der Waals surface area (Å²) in [7, 11) is 1.57. The van der Waals surface area contributed by atoms with Crippen molar-refractivity contribution in [1.82, 2.24) is 5.32 Å². The number of rotatable bonds is 66. The summed E-state index contributed by atoms with van der Waals surface area (Å²) in [6.07, 6.45) is 80.5. The highest BCUT2D eigenvalue weighted by Gasteiger charge is 2.28. The Bertz CT molecular complexity index is 1340. The number of unbranched alkanes of at least 4 members (excludes halogenated alkanes) is 51. The van der Waals surface area contributed by atoms with Crippen LogP contribution in [0, 0.1) is 0 Å². The number of carbonyl (C=O) groups excluding carboxylic acids is 1. The summed E-state index contributed by atoms with van der Waals surface area (Å²) < 4.78 is 23.8. The van der Waals surface area contributed by atoms with Crippen LogP contribution in [0.5, 0.6) is 0 Å². The molecule has 0 aromatic carbocycles. The molecule has 0 rings (SSSR count). The van der Waals surface area contributed by atoms with E-state index in [2.05, 4.69) is 31.3 Å². The lowest BCUT2D eigenvalue weighted by molar-refractivity contribution is -0.870. The van der Waals surface area contributed by atoms with Crippen molar-refractivity contribution < 1.29 is 32.9 Å². The number of phosphoric acid groups is 1. The smallest absolute Gasteiger partial charge is 0.387 e. The molecule has 3 atom stereocenters. The fourth-order valence-electron chi connectivity index (χ4n) is 10.9. The Hall–Kier alpha value is -1.02. The number of hydrogen-bond donors (Lipinski definition) is 3. The van der Waals surface area contributed by atoms with Crippen molar-refractivity contribution in [2.24, 2.45) is 0 Å². The predicted molar refractivity (Wildman–Crippen MR) is 346 cm³/mol. The Morgan fingerprint density at radius 1 is 0.418 bits per heavy atom. The lowest BCUT2D eigenvalue weighted by atomic mass is 10.0. The van der Waals surface area contributed by atoms with Crippen molar-refractivity contribution in [2.45, 2.75) is 379 Å². The maximum Gasteiger partial charge on any atom is 0.472 e. The Kier molecular flexibility index (Phi) is 60.7. The number of carbonyl (C=O) groups is 1. The van der Waals surface area contributed by atoms with Gasteiger partial charge in [0.1, 0.15) is 13.2 Å². The number of likely N-dealkylation sites (N-methyl/N-ethyl adjacent to an activating group) is 1. The fourth-order valence-corrected chi connectivity index (χ4v) is 11.7. The van der Waals surface area contributed by atoms with Crippen LogP contribution in [0.15, 0.2) is 24.3 Å². The number of quaternary nitrogens is 1. The van der Waals surface area contributed by atoms with Gasteiger partial charge in [-0.2, -0.15) is 0 Å². The van der Waals surface area contributed by atoms with Gasteiger partial charge in [0.25, 0.3) is 0 Å². The maximum atomic E-state index is 13.0. The zero-order chi connectivity index (χ0) is 57.7. The van der Waals surface area contributed by atoms with Gasteiger partial charge in [0, 0.05) is 6.42 Å². The third kappa shape index (κ3) is 64.4. The molecule has 0 aromatic heterocycles. The number of allylic oxidation sites excluding steroid dienone is 3. The molecule has 0 heterocycles. The average molecular weight is 1140 g/mol. The maximum absolute atomic E-state index is 13.0. The topological polar surface area (TPSA) is 105 Å². The van der Waals surface area contributed by atoms with Crippen LogP contribution in [-0.2, 0) is 18.4 Å². The third-order valence-electron chi connectivity index (χ3n) is 16.4. The molecule has 0 fully saturated rings. The molecular weight excluding hydrogens is 996 g/mol. The molecule has 9 heteroatoms. The summed E-state index contributed by atoms with van der Waals surface area (Å²) in [6.45, 7) is 4.86. The first-order valence-corrected chi connectivity index (χ1v) is 36.7. The van der Waals surface area contributed by atoms with Gasteiger partial charge in [0.2, 0.25) is 5.91 Å². The highest BCUT2D eigenvalue weighted by atomic mass is 31.2. The van der Waals surface area contributed by atoms with E-state index in [1.807, 2.05) is 27.2 Å². The van der Waals surface area contributed by atoms with Crippen LogP contribution in [0.1, 0.15) is 367 Å². The van der Waals surface area contributed by atoms with Crippen molar-refractivity contribution in [1.29, 1.82) is 0 Å². The third-order valence-corrected chi connectivity index (χ3v) is 17.4. The van der Waals surface area contributed by atoms with Gasteiger partial charge in [0.05, 0.1) is 39.9 Å². The zero-order valence-electron chi connectivity index (χ0n) is 53.9. The first kappa shape index (κ1) is 78.0. The first-order valence-electron chi connectivity index (χ1n) is 35.2. The molecule has 0 aliphatic heterocycles. The monoisotopic (exact) mass is 1140 g/mol. The minimum Gasteiger partial charge on any atom is -0.387 e. The van der Waals surface area contributed by atoms with Crippen LogP contribution in [0.4, 0.5) is 0 Å². The molecule has 3 unspecified atom stereocenters. The summed E-state index contributed by atoms with van der Waals surface area (Å²) in [5.41, 5.74) is 0. The van der Waals surface area contributed by atoms with Crippen molar-refractivity contribution in [3.63, 3.8) is 0 Å². The van der Waals surface area contributed by atoms with Crippen molar-refractivity contribution in [3.05, 3.63) is 24.3 Å². The van der Waals surface area contributed by atoms with E-state index in [4.69, 9.17) is 9.05 Å². The van der Waals surface area contributed by atoms with Gasteiger partial charge in [0.15, 0.2) is 0 Å². The van der Waals surface area contributed by atoms with E-state index in [-0.39, 0.29) is 19.1 Å². The quantitative estimate of drug-likeness (QED) is 0.0243. The average Bonchev–Trinajstić information content (AvgIpc) is 3.42. The molecule has 470 valence electrons. The number of hydrogen-bond acceptors (Lipinski definition) is 5. The van der Waals surface area contributed by atoms with Crippen molar-refractivity contribution >= 4 is 13.7 Å². The number of nitrogens with one attached hydrogen (secondary N) is 1. The molecule has 79 heavy (non-hydrogen) atoms. The summed E-state index contributed by atoms with van der Waals surface area (Å²) in [4.78, 5) is 23.4. The van der Waals surface area contributed by atoms with Crippen LogP contribution in [0.3, 0.4) is 0 Å². The molecule has 0 spiro atoms. The lowest BCUT2D eigenvalue weighted by Gasteiger charge is -2.25. The predicted octanol–water partition coefficient (Wildman–Crippen LogP) is 22.3. The van der Waals surface area contributed by atoms with Gasteiger partial charge < -0.3 is 19.8 Å². The minimum absolute atomic E-state index is 0.0591. The first-order chi connectivity index (χ1) is 38.5. The molecule has 0 aliphatic rings. The molecule has 0 bridgehead atoms. The second kappa shape index (κ2) is 61.5. The summed E-state index contributed by atoms with van der Waals surface area (Å²) in [5, 5.41) is 14.0. The van der Waals surface area contributed by atoms with Gasteiger partial charge >= 0.3 is 7.82 Å². The Morgan fingerprint density at radius 3 is 1.01 bits per heavy atom. The molecule has 0 aromatic rings. The van der Waals surface area contributed by atoms with Crippen LogP contribution >= 0.6 is 7.82 Å². The summed E-state index contributed by atoms with van der Waals surface area (Å²) >= 11 is 0. The largest absolute Gasteiger partial charge is 0.472 e. The van der Waals surface area contributed by atoms with Crippen molar-refractivity contribution in [2.75, 3.05) is 40.9 Å². The highest BCUT2D eigenvalue weighted by Crippen LogP contribution is 2.43. The van der Waals surface area contributed by atoms with E-state index in [9.17, 15) is 19.4 Å². The normalized spacial score (nSPS) is 13.8. The summed E-state index contributed by atoms with van der Waals surface area (Å²) in [6, 6.07) is -0.862. The minimum atomic E-state index is -4.36. The van der Waals surface area contributed by atoms with E-state index in [1.54, 1.807) is 6.08 Å². The van der Waals surface area contributed by atoms with Crippen LogP contribution in [0.25, 0.3) is 0 Å². The Labute approximate surface area is 494 Å². The number of amides is 1. The van der Waals surface area contributed by atoms with E-state index in [0.29, 0.717) is 17.4 Å². The molecular formula is C70H140N2O6P+. The molecule has 3 N–H and O–H groups in total.